The Kier molecular flexibility index (Phi) is 2.85. The molecular formula is C19H19NO. The lowest BCUT2D eigenvalue weighted by molar-refractivity contribution is -0.123. The molecule has 2 nitrogen and oxygen atoms in total. The van der Waals surface area contributed by atoms with E-state index in [-0.39, 0.29) is 11.3 Å². The SMILES string of the molecule is O=C1N(c2ccccc2)c2ccccc2C12CCCCC2. The van der Waals surface area contributed by atoms with Crippen molar-refractivity contribution in [3.8, 4) is 0 Å². The van der Waals surface area contributed by atoms with Crippen LogP contribution in [0.2, 0.25) is 0 Å². The first-order valence-corrected chi connectivity index (χ1v) is 7.82. The van der Waals surface area contributed by atoms with Crippen molar-refractivity contribution in [1.82, 2.24) is 0 Å². The summed E-state index contributed by atoms with van der Waals surface area (Å²) in [7, 11) is 0. The summed E-state index contributed by atoms with van der Waals surface area (Å²) in [5.41, 5.74) is 3.02. The first-order chi connectivity index (χ1) is 10.3. The van der Waals surface area contributed by atoms with Crippen LogP contribution in [0.5, 0.6) is 0 Å². The first kappa shape index (κ1) is 12.6. The molecule has 1 aliphatic heterocycles. The quantitative estimate of drug-likeness (QED) is 0.748. The predicted molar refractivity (Wildman–Crippen MR) is 84.8 cm³/mol. The highest BCUT2D eigenvalue weighted by molar-refractivity contribution is 6.13. The van der Waals surface area contributed by atoms with Gasteiger partial charge < -0.3 is 0 Å². The minimum atomic E-state index is -0.273. The van der Waals surface area contributed by atoms with Crippen molar-refractivity contribution in [3.05, 3.63) is 60.2 Å². The second-order valence-electron chi connectivity index (χ2n) is 6.14. The molecule has 1 spiro atoms. The Morgan fingerprint density at radius 2 is 1.48 bits per heavy atom. The zero-order valence-corrected chi connectivity index (χ0v) is 12.1. The zero-order chi connectivity index (χ0) is 14.3. The average Bonchev–Trinajstić information content (AvgIpc) is 2.79. The van der Waals surface area contributed by atoms with E-state index in [1.54, 1.807) is 0 Å². The molecule has 106 valence electrons. The summed E-state index contributed by atoms with van der Waals surface area (Å²) in [5, 5.41) is 0. The Bertz CT molecular complexity index is 671. The standard InChI is InChI=1S/C19H19NO/c21-18-19(13-7-2-8-14-19)16-11-5-6-12-17(16)20(18)15-9-3-1-4-10-15/h1,3-6,9-12H,2,7-8,13-14H2. The van der Waals surface area contributed by atoms with Crippen molar-refractivity contribution in [2.75, 3.05) is 4.90 Å². The first-order valence-electron chi connectivity index (χ1n) is 7.82. The molecule has 1 fully saturated rings. The molecule has 2 aromatic carbocycles. The number of amides is 1. The minimum absolute atomic E-state index is 0.273. The smallest absolute Gasteiger partial charge is 0.242 e. The van der Waals surface area contributed by atoms with E-state index >= 15 is 0 Å². The fraction of sp³-hybridized carbons (Fsp3) is 0.316. The number of benzene rings is 2. The molecule has 21 heavy (non-hydrogen) atoms. The Hall–Kier alpha value is -2.09. The third kappa shape index (κ3) is 1.75. The molecule has 1 heterocycles. The molecule has 0 N–H and O–H groups in total. The molecule has 0 bridgehead atoms. The summed E-state index contributed by atoms with van der Waals surface area (Å²) in [6.07, 6.45) is 5.55. The maximum Gasteiger partial charge on any atom is 0.242 e. The number of hydrogen-bond acceptors (Lipinski definition) is 1. The van der Waals surface area contributed by atoms with Crippen molar-refractivity contribution in [2.45, 2.75) is 37.5 Å². The fourth-order valence-electron chi connectivity index (χ4n) is 3.98. The van der Waals surface area contributed by atoms with E-state index in [4.69, 9.17) is 0 Å². The number of hydrogen-bond donors (Lipinski definition) is 0. The van der Waals surface area contributed by atoms with Crippen molar-refractivity contribution in [1.29, 1.82) is 0 Å². The Labute approximate surface area is 125 Å². The third-order valence-corrected chi connectivity index (χ3v) is 4.99. The number of para-hydroxylation sites is 2. The van der Waals surface area contributed by atoms with E-state index in [1.165, 1.54) is 12.0 Å². The number of rotatable bonds is 1. The van der Waals surface area contributed by atoms with Gasteiger partial charge in [-0.2, -0.15) is 0 Å². The summed E-state index contributed by atoms with van der Waals surface area (Å²) in [6.45, 7) is 0. The van der Waals surface area contributed by atoms with Crippen LogP contribution in [0.3, 0.4) is 0 Å². The third-order valence-electron chi connectivity index (χ3n) is 4.99. The number of fused-ring (bicyclic) bond motifs is 2. The lowest BCUT2D eigenvalue weighted by Crippen LogP contribution is -2.39. The molecule has 2 heteroatoms. The van der Waals surface area contributed by atoms with Gasteiger partial charge in [-0.1, -0.05) is 55.7 Å². The lowest BCUT2D eigenvalue weighted by atomic mass is 9.70. The normalized spacial score (nSPS) is 19.8. The van der Waals surface area contributed by atoms with Gasteiger partial charge in [-0.15, -0.1) is 0 Å². The van der Waals surface area contributed by atoms with Gasteiger partial charge in [0.1, 0.15) is 0 Å². The van der Waals surface area contributed by atoms with Crippen LogP contribution in [0.25, 0.3) is 0 Å². The molecular weight excluding hydrogens is 258 g/mol. The summed E-state index contributed by atoms with van der Waals surface area (Å²) < 4.78 is 0. The van der Waals surface area contributed by atoms with Gasteiger partial charge in [0.2, 0.25) is 5.91 Å². The molecule has 0 atom stereocenters. The van der Waals surface area contributed by atoms with E-state index in [0.717, 1.165) is 37.1 Å². The zero-order valence-electron chi connectivity index (χ0n) is 12.1. The van der Waals surface area contributed by atoms with Crippen molar-refractivity contribution in [2.24, 2.45) is 0 Å². The van der Waals surface area contributed by atoms with Crippen LogP contribution < -0.4 is 4.90 Å². The van der Waals surface area contributed by atoms with Gasteiger partial charge in [0.25, 0.3) is 0 Å². The van der Waals surface area contributed by atoms with Crippen LogP contribution in [0.15, 0.2) is 54.6 Å². The number of nitrogens with zero attached hydrogens (tertiary/aromatic N) is 1. The maximum atomic E-state index is 13.3. The molecule has 1 saturated carbocycles. The molecule has 0 saturated heterocycles. The Morgan fingerprint density at radius 3 is 2.24 bits per heavy atom. The lowest BCUT2D eigenvalue weighted by Gasteiger charge is -2.32. The highest BCUT2D eigenvalue weighted by atomic mass is 16.2. The molecule has 2 aromatic rings. The van der Waals surface area contributed by atoms with Crippen LogP contribution in [0.1, 0.15) is 37.7 Å². The van der Waals surface area contributed by atoms with Crippen LogP contribution >= 0.6 is 0 Å². The molecule has 1 aliphatic carbocycles. The van der Waals surface area contributed by atoms with E-state index in [2.05, 4.69) is 18.2 Å². The van der Waals surface area contributed by atoms with Gasteiger partial charge in [-0.25, -0.2) is 0 Å². The largest absolute Gasteiger partial charge is 0.280 e. The van der Waals surface area contributed by atoms with E-state index in [0.29, 0.717) is 0 Å². The number of carbonyl (C=O) groups excluding carboxylic acids is 1. The van der Waals surface area contributed by atoms with Gasteiger partial charge in [-0.3, -0.25) is 9.69 Å². The van der Waals surface area contributed by atoms with Crippen LogP contribution in [0.4, 0.5) is 11.4 Å². The molecule has 0 aromatic heterocycles. The summed E-state index contributed by atoms with van der Waals surface area (Å²) in [4.78, 5) is 15.2. The molecule has 2 aliphatic rings. The van der Waals surface area contributed by atoms with Crippen molar-refractivity contribution < 1.29 is 4.79 Å². The Balaban J connectivity index is 1.89. The number of carbonyl (C=O) groups is 1. The van der Waals surface area contributed by atoms with Crippen molar-refractivity contribution in [3.63, 3.8) is 0 Å². The minimum Gasteiger partial charge on any atom is -0.280 e. The Morgan fingerprint density at radius 1 is 0.810 bits per heavy atom. The highest BCUT2D eigenvalue weighted by Crippen LogP contribution is 2.52. The van der Waals surface area contributed by atoms with E-state index < -0.39 is 0 Å². The van der Waals surface area contributed by atoms with Crippen LogP contribution in [-0.4, -0.2) is 5.91 Å². The second-order valence-corrected chi connectivity index (χ2v) is 6.14. The maximum absolute atomic E-state index is 13.3. The van der Waals surface area contributed by atoms with Gasteiger partial charge in [-0.05, 0) is 36.6 Å². The molecule has 0 radical (unpaired) electrons. The highest BCUT2D eigenvalue weighted by Gasteiger charge is 2.51. The van der Waals surface area contributed by atoms with Crippen molar-refractivity contribution >= 4 is 17.3 Å². The fourth-order valence-corrected chi connectivity index (χ4v) is 3.98. The predicted octanol–water partition coefficient (Wildman–Crippen LogP) is 4.57. The monoisotopic (exact) mass is 277 g/mol. The van der Waals surface area contributed by atoms with E-state index in [1.807, 2.05) is 41.3 Å². The summed E-state index contributed by atoms with van der Waals surface area (Å²) in [5.74, 6) is 0.273. The molecule has 0 unspecified atom stereocenters. The second kappa shape index (κ2) is 4.73. The summed E-state index contributed by atoms with van der Waals surface area (Å²) >= 11 is 0. The topological polar surface area (TPSA) is 20.3 Å². The van der Waals surface area contributed by atoms with Crippen LogP contribution in [-0.2, 0) is 10.2 Å². The van der Waals surface area contributed by atoms with Gasteiger partial charge in [0.05, 0.1) is 11.1 Å². The molecule has 4 rings (SSSR count). The summed E-state index contributed by atoms with van der Waals surface area (Å²) in [6, 6.07) is 18.4. The van der Waals surface area contributed by atoms with E-state index in [9.17, 15) is 4.79 Å². The van der Waals surface area contributed by atoms with Crippen LogP contribution in [0, 0.1) is 0 Å². The van der Waals surface area contributed by atoms with Gasteiger partial charge in [0.15, 0.2) is 0 Å². The molecule has 1 amide bonds. The van der Waals surface area contributed by atoms with Gasteiger partial charge >= 0.3 is 0 Å². The average molecular weight is 277 g/mol. The number of anilines is 2. The van der Waals surface area contributed by atoms with Gasteiger partial charge in [0, 0.05) is 5.69 Å².